The average molecular weight is 450 g/mol. The molecule has 0 radical (unpaired) electrons. The number of carbonyl (C=O) groups is 2. The van der Waals surface area contributed by atoms with Crippen LogP contribution in [0.25, 0.3) is 11.0 Å². The molecule has 3 aromatic rings. The number of nitrogens with zero attached hydrogens (tertiary/aromatic N) is 3. The van der Waals surface area contributed by atoms with Gasteiger partial charge in [-0.15, -0.1) is 0 Å². The van der Waals surface area contributed by atoms with E-state index >= 15 is 0 Å². The molecule has 2 heterocycles. The van der Waals surface area contributed by atoms with Crippen molar-refractivity contribution >= 4 is 28.5 Å². The summed E-state index contributed by atoms with van der Waals surface area (Å²) >= 11 is 0. The quantitative estimate of drug-likeness (QED) is 0.524. The van der Waals surface area contributed by atoms with E-state index in [9.17, 15) is 14.4 Å². The number of aryl methyl sites for hydroxylation is 2. The van der Waals surface area contributed by atoms with Crippen LogP contribution in [0.5, 0.6) is 0 Å². The van der Waals surface area contributed by atoms with E-state index in [0.717, 1.165) is 42.4 Å². The lowest BCUT2D eigenvalue weighted by Crippen LogP contribution is -2.39. The topological polar surface area (TPSA) is 102 Å². The number of fused-ring (bicyclic) bond motifs is 1. The zero-order chi connectivity index (χ0) is 23.4. The van der Waals surface area contributed by atoms with Crippen molar-refractivity contribution in [1.29, 1.82) is 0 Å². The molecule has 0 saturated carbocycles. The molecule has 3 N–H and O–H groups in total. The third-order valence-corrected chi connectivity index (χ3v) is 6.22. The van der Waals surface area contributed by atoms with Crippen LogP contribution in [-0.2, 0) is 29.2 Å². The van der Waals surface area contributed by atoms with E-state index in [4.69, 9.17) is 5.73 Å². The molecule has 174 valence electrons. The lowest BCUT2D eigenvalue weighted by molar-refractivity contribution is -0.122. The van der Waals surface area contributed by atoms with Gasteiger partial charge in [-0.3, -0.25) is 23.6 Å². The summed E-state index contributed by atoms with van der Waals surface area (Å²) in [4.78, 5) is 39.3. The Balaban J connectivity index is 1.41. The van der Waals surface area contributed by atoms with Crippen molar-refractivity contribution in [2.45, 2.75) is 58.3 Å². The van der Waals surface area contributed by atoms with Crippen LogP contribution in [0.2, 0.25) is 0 Å². The maximum atomic E-state index is 12.9. The lowest BCUT2D eigenvalue weighted by Gasteiger charge is -2.22. The van der Waals surface area contributed by atoms with Gasteiger partial charge in [0, 0.05) is 31.7 Å². The SMILES string of the molecule is CCCn1c(=O)n(CCC(=O)Nc2cccc(CN3CCC[C@@H]3C(N)=O)c2)c2ccccc21. The predicted molar refractivity (Wildman–Crippen MR) is 129 cm³/mol. The van der Waals surface area contributed by atoms with E-state index in [-0.39, 0.29) is 30.0 Å². The molecule has 2 aromatic carbocycles. The number of primary amides is 1. The van der Waals surface area contributed by atoms with Gasteiger partial charge in [0.15, 0.2) is 0 Å². The van der Waals surface area contributed by atoms with Gasteiger partial charge in [0.25, 0.3) is 0 Å². The maximum absolute atomic E-state index is 12.9. The molecule has 1 aromatic heterocycles. The number of hydrogen-bond donors (Lipinski definition) is 2. The van der Waals surface area contributed by atoms with Gasteiger partial charge in [-0.1, -0.05) is 31.2 Å². The van der Waals surface area contributed by atoms with Gasteiger partial charge in [0.1, 0.15) is 0 Å². The smallest absolute Gasteiger partial charge is 0.329 e. The number of anilines is 1. The molecule has 33 heavy (non-hydrogen) atoms. The molecule has 0 aliphatic carbocycles. The van der Waals surface area contributed by atoms with Gasteiger partial charge in [0.2, 0.25) is 11.8 Å². The van der Waals surface area contributed by atoms with Gasteiger partial charge in [-0.2, -0.15) is 0 Å². The number of amides is 2. The Kier molecular flexibility index (Phi) is 6.93. The fourth-order valence-corrected chi connectivity index (χ4v) is 4.68. The number of hydrogen-bond acceptors (Lipinski definition) is 4. The summed E-state index contributed by atoms with van der Waals surface area (Å²) in [6, 6.07) is 15.1. The first-order chi connectivity index (χ1) is 16.0. The normalized spacial score (nSPS) is 16.3. The summed E-state index contributed by atoms with van der Waals surface area (Å²) in [7, 11) is 0. The molecule has 2 amide bonds. The standard InChI is InChI=1S/C25H31N5O3/c1-2-13-29-20-9-3-4-10-21(20)30(25(29)33)15-12-23(31)27-19-8-5-7-18(16-19)17-28-14-6-11-22(28)24(26)32/h3-5,7-10,16,22H,2,6,11-15,17H2,1H3,(H2,26,32)(H,27,31)/t22-/m1/s1. The number of nitrogens with one attached hydrogen (secondary N) is 1. The highest BCUT2D eigenvalue weighted by atomic mass is 16.2. The van der Waals surface area contributed by atoms with E-state index in [2.05, 4.69) is 10.2 Å². The van der Waals surface area contributed by atoms with E-state index in [1.54, 1.807) is 9.13 Å². The molecule has 1 aliphatic rings. The maximum Gasteiger partial charge on any atom is 0.329 e. The van der Waals surface area contributed by atoms with Crippen molar-refractivity contribution in [1.82, 2.24) is 14.0 Å². The number of benzene rings is 2. The molecular formula is C25H31N5O3. The monoisotopic (exact) mass is 449 g/mol. The molecule has 1 atom stereocenters. The Morgan fingerprint density at radius 1 is 1.06 bits per heavy atom. The van der Waals surface area contributed by atoms with Crippen LogP contribution in [0.3, 0.4) is 0 Å². The summed E-state index contributed by atoms with van der Waals surface area (Å²) in [5.74, 6) is -0.435. The van der Waals surface area contributed by atoms with Crippen LogP contribution in [0.15, 0.2) is 53.3 Å². The number of carbonyl (C=O) groups excluding carboxylic acids is 2. The van der Waals surface area contributed by atoms with Gasteiger partial charge in [-0.05, 0) is 55.6 Å². The number of imidazole rings is 1. The fourth-order valence-electron chi connectivity index (χ4n) is 4.68. The Bertz CT molecular complexity index is 1210. The molecule has 4 rings (SSSR count). The summed E-state index contributed by atoms with van der Waals surface area (Å²) < 4.78 is 3.45. The highest BCUT2D eigenvalue weighted by Gasteiger charge is 2.28. The third-order valence-electron chi connectivity index (χ3n) is 6.22. The molecule has 1 fully saturated rings. The Morgan fingerprint density at radius 2 is 1.79 bits per heavy atom. The molecule has 0 unspecified atom stereocenters. The number of para-hydroxylation sites is 2. The second-order valence-corrected chi connectivity index (χ2v) is 8.60. The van der Waals surface area contributed by atoms with Crippen molar-refractivity contribution in [3.05, 3.63) is 64.6 Å². The Hall–Kier alpha value is -3.39. The van der Waals surface area contributed by atoms with Crippen LogP contribution >= 0.6 is 0 Å². The van der Waals surface area contributed by atoms with Crippen LogP contribution in [0, 0.1) is 0 Å². The zero-order valence-corrected chi connectivity index (χ0v) is 19.0. The minimum Gasteiger partial charge on any atom is -0.368 e. The molecule has 1 saturated heterocycles. The number of aromatic nitrogens is 2. The molecule has 0 spiro atoms. The lowest BCUT2D eigenvalue weighted by atomic mass is 10.1. The largest absolute Gasteiger partial charge is 0.368 e. The van der Waals surface area contributed by atoms with Gasteiger partial charge in [0.05, 0.1) is 17.1 Å². The van der Waals surface area contributed by atoms with E-state index in [0.29, 0.717) is 25.3 Å². The third kappa shape index (κ3) is 5.01. The van der Waals surface area contributed by atoms with Gasteiger partial charge >= 0.3 is 5.69 Å². The van der Waals surface area contributed by atoms with E-state index in [1.165, 1.54) is 0 Å². The summed E-state index contributed by atoms with van der Waals surface area (Å²) in [5, 5.41) is 2.94. The van der Waals surface area contributed by atoms with E-state index in [1.807, 2.05) is 55.5 Å². The summed E-state index contributed by atoms with van der Waals surface area (Å²) in [6.45, 7) is 4.46. The fraction of sp³-hybridized carbons (Fsp3) is 0.400. The van der Waals surface area contributed by atoms with Gasteiger partial charge in [-0.25, -0.2) is 4.79 Å². The first kappa shape index (κ1) is 22.8. The highest BCUT2D eigenvalue weighted by Crippen LogP contribution is 2.21. The second-order valence-electron chi connectivity index (χ2n) is 8.60. The molecular weight excluding hydrogens is 418 g/mol. The Labute approximate surface area is 193 Å². The summed E-state index contributed by atoms with van der Waals surface area (Å²) in [5.41, 5.74) is 8.90. The van der Waals surface area contributed by atoms with Crippen molar-refractivity contribution in [3.63, 3.8) is 0 Å². The van der Waals surface area contributed by atoms with Crippen LogP contribution < -0.4 is 16.7 Å². The molecule has 0 bridgehead atoms. The van der Waals surface area contributed by atoms with Crippen LogP contribution in [-0.4, -0.2) is 38.4 Å². The predicted octanol–water partition coefficient (Wildman–Crippen LogP) is 2.69. The summed E-state index contributed by atoms with van der Waals surface area (Å²) in [6.07, 6.45) is 2.81. The van der Waals surface area contributed by atoms with Crippen molar-refractivity contribution in [3.8, 4) is 0 Å². The molecule has 8 nitrogen and oxygen atoms in total. The zero-order valence-electron chi connectivity index (χ0n) is 19.0. The minimum absolute atomic E-state index is 0.0811. The van der Waals surface area contributed by atoms with Crippen molar-refractivity contribution < 1.29 is 9.59 Å². The number of nitrogens with two attached hydrogens (primary N) is 1. The highest BCUT2D eigenvalue weighted by molar-refractivity contribution is 5.90. The number of rotatable bonds is 9. The van der Waals surface area contributed by atoms with Gasteiger partial charge < -0.3 is 11.1 Å². The van der Waals surface area contributed by atoms with Crippen LogP contribution in [0.1, 0.15) is 38.2 Å². The van der Waals surface area contributed by atoms with E-state index < -0.39 is 0 Å². The van der Waals surface area contributed by atoms with Crippen LogP contribution in [0.4, 0.5) is 5.69 Å². The second kappa shape index (κ2) is 10.0. The molecule has 1 aliphatic heterocycles. The Morgan fingerprint density at radius 3 is 2.48 bits per heavy atom. The average Bonchev–Trinajstić information content (AvgIpc) is 3.36. The van der Waals surface area contributed by atoms with Crippen molar-refractivity contribution in [2.24, 2.45) is 5.73 Å². The van der Waals surface area contributed by atoms with Crippen molar-refractivity contribution in [2.75, 3.05) is 11.9 Å². The first-order valence-corrected chi connectivity index (χ1v) is 11.6. The number of likely N-dealkylation sites (tertiary alicyclic amines) is 1. The minimum atomic E-state index is -0.285. The molecule has 8 heteroatoms. The first-order valence-electron chi connectivity index (χ1n) is 11.6.